The summed E-state index contributed by atoms with van der Waals surface area (Å²) in [6.45, 7) is 25.0. The fraction of sp³-hybridized carbons (Fsp3) is 0.574. The number of piperidine rings is 2. The molecule has 1 N–H and O–H groups in total. The molecule has 2 spiro atoms. The van der Waals surface area contributed by atoms with Gasteiger partial charge >= 0.3 is 0 Å². The Morgan fingerprint density at radius 1 is 0.738 bits per heavy atom. The summed E-state index contributed by atoms with van der Waals surface area (Å²) in [5.74, 6) is 1.92. The molecule has 1 amide bonds. The van der Waals surface area contributed by atoms with E-state index >= 15 is 0 Å². The standard InChI is InChI=1S/C20H25NO4.C11H13ClO2.C9H13NO2.C6H15N.CH2Cl2/c1-14(2)25-18-5-4-16(12-15(18)3)19(23)21-9-7-20(8-10-21)13-17(22)6-11-24-20;1-7(2)14-10-5-4-9(11(12)13)6-8(10)3;11-8-1-6-12-9(7-8)2-4-10-5-3-9;1-4-7(5-2)6-3;2-1-3/h4-6,11-12,14H,7-10,13H2,1-3H3;4-7H,1-3H3;1,6,10H,2-5,7H2;4-6H2,1-3H3;1H2. The quantitative estimate of drug-likeness (QED) is 0.192. The second-order valence-corrected chi connectivity index (χ2v) is 17.0. The van der Waals surface area contributed by atoms with Gasteiger partial charge in [-0.2, -0.15) is 0 Å². The summed E-state index contributed by atoms with van der Waals surface area (Å²) in [5.41, 5.74) is 2.46. The number of hydrogen-bond donors (Lipinski definition) is 1. The molecule has 14 heteroatoms. The molecule has 0 bridgehead atoms. The fourth-order valence-electron chi connectivity index (χ4n) is 7.11. The predicted octanol–water partition coefficient (Wildman–Crippen LogP) is 9.80. The minimum Gasteiger partial charge on any atom is -0.494 e. The summed E-state index contributed by atoms with van der Waals surface area (Å²) < 4.78 is 22.5. The lowest BCUT2D eigenvalue weighted by atomic mass is 9.85. The molecule has 340 valence electrons. The number of nitrogens with zero attached hydrogens (tertiary/aromatic N) is 2. The zero-order valence-corrected chi connectivity index (χ0v) is 39.9. The molecule has 2 aromatic rings. The van der Waals surface area contributed by atoms with Crippen molar-refractivity contribution in [3.05, 3.63) is 83.3 Å². The van der Waals surface area contributed by atoms with Gasteiger partial charge in [0.1, 0.15) is 22.7 Å². The summed E-state index contributed by atoms with van der Waals surface area (Å²) >= 11 is 14.9. The summed E-state index contributed by atoms with van der Waals surface area (Å²) in [7, 11) is 0. The zero-order valence-electron chi connectivity index (χ0n) is 37.6. The topological polar surface area (TPSA) is 124 Å². The molecule has 0 aromatic heterocycles. The summed E-state index contributed by atoms with van der Waals surface area (Å²) in [4.78, 5) is 50.7. The highest BCUT2D eigenvalue weighted by atomic mass is 35.5. The van der Waals surface area contributed by atoms with E-state index in [1.54, 1.807) is 24.5 Å². The highest BCUT2D eigenvalue weighted by Crippen LogP contribution is 2.34. The number of carbonyl (C=O) groups is 4. The maximum absolute atomic E-state index is 12.8. The Bertz CT molecular complexity index is 1740. The van der Waals surface area contributed by atoms with Crippen molar-refractivity contribution in [2.45, 2.75) is 124 Å². The first kappa shape index (κ1) is 53.5. The van der Waals surface area contributed by atoms with Crippen LogP contribution in [-0.4, -0.2) is 107 Å². The Morgan fingerprint density at radius 3 is 1.51 bits per heavy atom. The van der Waals surface area contributed by atoms with Gasteiger partial charge in [0.2, 0.25) is 0 Å². The van der Waals surface area contributed by atoms with Gasteiger partial charge in [0.05, 0.1) is 42.9 Å². The first-order chi connectivity index (χ1) is 29.0. The minimum atomic E-state index is -0.441. The molecule has 11 nitrogen and oxygen atoms in total. The zero-order chi connectivity index (χ0) is 45.6. The number of benzene rings is 2. The van der Waals surface area contributed by atoms with Crippen LogP contribution in [0.15, 0.2) is 61.1 Å². The number of aryl methyl sites for hydroxylation is 2. The van der Waals surface area contributed by atoms with Crippen LogP contribution in [0.2, 0.25) is 0 Å². The Kier molecular flexibility index (Phi) is 24.1. The third kappa shape index (κ3) is 18.7. The monoisotopic (exact) mass is 907 g/mol. The number of rotatable bonds is 9. The number of alkyl halides is 2. The Balaban J connectivity index is 0.000000301. The third-order valence-electron chi connectivity index (χ3n) is 10.5. The van der Waals surface area contributed by atoms with Crippen molar-refractivity contribution < 1.29 is 38.1 Å². The predicted molar refractivity (Wildman–Crippen MR) is 247 cm³/mol. The van der Waals surface area contributed by atoms with Crippen molar-refractivity contribution in [2.24, 2.45) is 0 Å². The molecule has 0 unspecified atom stereocenters. The van der Waals surface area contributed by atoms with Crippen LogP contribution in [0.3, 0.4) is 0 Å². The van der Waals surface area contributed by atoms with Crippen molar-refractivity contribution in [3.63, 3.8) is 0 Å². The number of hydrogen-bond acceptors (Lipinski definition) is 10. The third-order valence-corrected chi connectivity index (χ3v) is 10.7. The molecular weight excluding hydrogens is 841 g/mol. The van der Waals surface area contributed by atoms with E-state index in [4.69, 9.17) is 53.8 Å². The van der Waals surface area contributed by atoms with Crippen LogP contribution in [-0.2, 0) is 19.1 Å². The van der Waals surface area contributed by atoms with Gasteiger partial charge in [-0.15, -0.1) is 23.2 Å². The summed E-state index contributed by atoms with van der Waals surface area (Å²) in [6, 6.07) is 10.7. The van der Waals surface area contributed by atoms with Crippen LogP contribution in [0.1, 0.15) is 119 Å². The molecule has 0 saturated carbocycles. The largest absolute Gasteiger partial charge is 0.494 e. The number of carbonyl (C=O) groups excluding carboxylic acids is 4. The number of halogens is 3. The van der Waals surface area contributed by atoms with Crippen molar-refractivity contribution in [3.8, 4) is 11.5 Å². The summed E-state index contributed by atoms with van der Waals surface area (Å²) in [6.07, 6.45) is 10.5. The van der Waals surface area contributed by atoms with Crippen molar-refractivity contribution in [1.29, 1.82) is 0 Å². The molecule has 0 aliphatic carbocycles. The van der Waals surface area contributed by atoms with Crippen LogP contribution in [0, 0.1) is 13.8 Å². The van der Waals surface area contributed by atoms with Crippen molar-refractivity contribution in [1.82, 2.24) is 15.1 Å². The van der Waals surface area contributed by atoms with Crippen LogP contribution in [0.25, 0.3) is 0 Å². The van der Waals surface area contributed by atoms with Gasteiger partial charge < -0.3 is 34.1 Å². The van der Waals surface area contributed by atoms with Crippen LogP contribution in [0.5, 0.6) is 11.5 Å². The number of ether oxygens (including phenoxy) is 4. The van der Waals surface area contributed by atoms with E-state index in [9.17, 15) is 19.2 Å². The van der Waals surface area contributed by atoms with Gasteiger partial charge in [-0.3, -0.25) is 19.2 Å². The molecule has 2 fully saturated rings. The summed E-state index contributed by atoms with van der Waals surface area (Å²) in [5, 5.41) is 3.01. The Labute approximate surface area is 379 Å². The number of nitrogens with one attached hydrogen (secondary N) is 1. The van der Waals surface area contributed by atoms with E-state index < -0.39 is 10.8 Å². The second-order valence-electron chi connectivity index (χ2n) is 15.8. The highest BCUT2D eigenvalue weighted by molar-refractivity contribution is 6.67. The Morgan fingerprint density at radius 2 is 1.15 bits per heavy atom. The number of ketones is 2. The van der Waals surface area contributed by atoms with E-state index in [1.165, 1.54) is 38.0 Å². The van der Waals surface area contributed by atoms with E-state index in [0.717, 1.165) is 48.6 Å². The fourth-order valence-corrected chi connectivity index (χ4v) is 7.23. The van der Waals surface area contributed by atoms with Crippen molar-refractivity contribution >= 4 is 57.5 Å². The molecular formula is C47H68Cl3N3O8. The first-order valence-electron chi connectivity index (χ1n) is 21.3. The smallest absolute Gasteiger partial charge is 0.253 e. The molecule has 2 aromatic carbocycles. The average molecular weight is 909 g/mol. The molecule has 0 radical (unpaired) electrons. The van der Waals surface area contributed by atoms with Gasteiger partial charge in [-0.05, 0) is 133 Å². The van der Waals surface area contributed by atoms with E-state index in [2.05, 4.69) is 31.0 Å². The lowest BCUT2D eigenvalue weighted by molar-refractivity contribution is -0.125. The van der Waals surface area contributed by atoms with E-state index in [0.29, 0.717) is 49.9 Å². The van der Waals surface area contributed by atoms with E-state index in [-0.39, 0.29) is 40.6 Å². The number of allylic oxidation sites excluding steroid dienone is 2. The highest BCUT2D eigenvalue weighted by Gasteiger charge is 2.40. The maximum atomic E-state index is 12.8. The van der Waals surface area contributed by atoms with Gasteiger partial charge in [-0.1, -0.05) is 20.8 Å². The molecule has 4 aliphatic rings. The van der Waals surface area contributed by atoms with Gasteiger partial charge in [0, 0.05) is 62.1 Å². The average Bonchev–Trinajstić information content (AvgIpc) is 3.21. The number of likely N-dealkylation sites (tertiary alicyclic amines) is 1. The second kappa shape index (κ2) is 27.4. The van der Waals surface area contributed by atoms with Crippen LogP contribution >= 0.6 is 34.8 Å². The number of amides is 1. The first-order valence-corrected chi connectivity index (χ1v) is 22.7. The molecule has 61 heavy (non-hydrogen) atoms. The van der Waals surface area contributed by atoms with Crippen LogP contribution in [0.4, 0.5) is 0 Å². The molecule has 6 rings (SSSR count). The van der Waals surface area contributed by atoms with Gasteiger partial charge in [0.15, 0.2) is 11.6 Å². The molecule has 2 saturated heterocycles. The van der Waals surface area contributed by atoms with Crippen molar-refractivity contribution in [2.75, 3.05) is 51.2 Å². The van der Waals surface area contributed by atoms with Gasteiger partial charge in [-0.25, -0.2) is 0 Å². The lowest BCUT2D eigenvalue weighted by Gasteiger charge is -2.41. The lowest BCUT2D eigenvalue weighted by Crippen LogP contribution is -2.49. The minimum absolute atomic E-state index is 0.0201. The molecule has 0 atom stereocenters. The maximum Gasteiger partial charge on any atom is 0.253 e. The molecule has 4 aliphatic heterocycles. The Hall–Kier alpha value is -3.61. The van der Waals surface area contributed by atoms with E-state index in [1.807, 2.05) is 64.6 Å². The van der Waals surface area contributed by atoms with Crippen LogP contribution < -0.4 is 14.8 Å². The normalized spacial score (nSPS) is 17.1. The SMILES string of the molecule is CCN(CC)CC.Cc1cc(C(=O)Cl)ccc1OC(C)C.Cc1cc(C(=O)N2CCC3(CC2)CC(=O)C=CO3)ccc1OC(C)C.ClCCl.O=C1C=COC2(CCNCC2)C1. The molecule has 4 heterocycles. The van der Waals surface area contributed by atoms with Gasteiger partial charge in [0.25, 0.3) is 11.1 Å².